The lowest BCUT2D eigenvalue weighted by Crippen LogP contribution is -2.32. The Balaban J connectivity index is 1.87. The third kappa shape index (κ3) is 5.23. The van der Waals surface area contributed by atoms with Gasteiger partial charge in [-0.05, 0) is 67.1 Å². The van der Waals surface area contributed by atoms with Gasteiger partial charge in [-0.1, -0.05) is 79.6 Å². The molecule has 23 heavy (non-hydrogen) atoms. The van der Waals surface area contributed by atoms with Gasteiger partial charge in [-0.25, -0.2) is 0 Å². The van der Waals surface area contributed by atoms with Crippen LogP contribution in [0.2, 0.25) is 0 Å². The van der Waals surface area contributed by atoms with Crippen molar-refractivity contribution in [3.63, 3.8) is 0 Å². The molecule has 0 aromatic heterocycles. The summed E-state index contributed by atoms with van der Waals surface area (Å²) in [6.07, 6.45) is 16.5. The highest BCUT2D eigenvalue weighted by Gasteiger charge is 2.34. The lowest BCUT2D eigenvalue weighted by atomic mass is 9.64. The largest absolute Gasteiger partial charge is 0.0651 e. The predicted octanol–water partition coefficient (Wildman–Crippen LogP) is 7.72. The molecule has 136 valence electrons. The summed E-state index contributed by atoms with van der Waals surface area (Å²) in [7, 11) is 0. The molecule has 0 bridgehead atoms. The monoisotopic (exact) mass is 320 g/mol. The van der Waals surface area contributed by atoms with Crippen molar-refractivity contribution in [2.45, 2.75) is 105 Å². The maximum Gasteiger partial charge on any atom is -0.0363 e. The minimum Gasteiger partial charge on any atom is -0.0651 e. The molecule has 2 rings (SSSR count). The summed E-state index contributed by atoms with van der Waals surface area (Å²) < 4.78 is 0. The van der Waals surface area contributed by atoms with Crippen molar-refractivity contribution in [2.24, 2.45) is 41.4 Å². The van der Waals surface area contributed by atoms with Crippen LogP contribution in [0.5, 0.6) is 0 Å². The Labute approximate surface area is 147 Å². The first kappa shape index (κ1) is 19.3. The molecule has 0 amide bonds. The highest BCUT2D eigenvalue weighted by atomic mass is 14.4. The van der Waals surface area contributed by atoms with Gasteiger partial charge in [-0.15, -0.1) is 0 Å². The quantitative estimate of drug-likeness (QED) is 0.450. The van der Waals surface area contributed by atoms with E-state index in [-0.39, 0.29) is 0 Å². The molecular weight excluding hydrogens is 276 g/mol. The van der Waals surface area contributed by atoms with Gasteiger partial charge in [0, 0.05) is 0 Å². The first-order valence-corrected chi connectivity index (χ1v) is 11.1. The second-order valence-corrected chi connectivity index (χ2v) is 9.43. The van der Waals surface area contributed by atoms with Crippen LogP contribution in [0.15, 0.2) is 0 Å². The highest BCUT2D eigenvalue weighted by Crippen LogP contribution is 2.45. The standard InChI is InChI=1S/C23H44/c1-6-19(21-11-9-8-10-12-21)15-18(5)22-13-14-23(17(3)4)20(7-2)16-22/h17-23H,6-16H2,1-5H3. The van der Waals surface area contributed by atoms with Crippen LogP contribution in [-0.2, 0) is 0 Å². The summed E-state index contributed by atoms with van der Waals surface area (Å²) in [6, 6.07) is 0. The van der Waals surface area contributed by atoms with Gasteiger partial charge < -0.3 is 0 Å². The Bertz CT molecular complexity index is 312. The van der Waals surface area contributed by atoms with Gasteiger partial charge >= 0.3 is 0 Å². The van der Waals surface area contributed by atoms with Crippen LogP contribution in [0.25, 0.3) is 0 Å². The Kier molecular flexibility index (Phi) is 7.96. The third-order valence-corrected chi connectivity index (χ3v) is 7.78. The molecule has 5 atom stereocenters. The van der Waals surface area contributed by atoms with Gasteiger partial charge in [0.25, 0.3) is 0 Å². The van der Waals surface area contributed by atoms with Crippen molar-refractivity contribution in [3.05, 3.63) is 0 Å². The van der Waals surface area contributed by atoms with Crippen LogP contribution < -0.4 is 0 Å². The predicted molar refractivity (Wildman–Crippen MR) is 104 cm³/mol. The number of hydrogen-bond acceptors (Lipinski definition) is 0. The molecule has 2 aliphatic rings. The normalized spacial score (nSPS) is 32.9. The van der Waals surface area contributed by atoms with Crippen LogP contribution >= 0.6 is 0 Å². The molecule has 2 saturated carbocycles. The molecule has 0 N–H and O–H groups in total. The van der Waals surface area contributed by atoms with E-state index in [9.17, 15) is 0 Å². The summed E-state index contributed by atoms with van der Waals surface area (Å²) in [4.78, 5) is 0. The van der Waals surface area contributed by atoms with Crippen molar-refractivity contribution in [2.75, 3.05) is 0 Å². The number of hydrogen-bond donors (Lipinski definition) is 0. The molecule has 0 spiro atoms. The smallest absolute Gasteiger partial charge is 0.0363 e. The lowest BCUT2D eigenvalue weighted by Gasteiger charge is -2.41. The zero-order chi connectivity index (χ0) is 16.8. The third-order valence-electron chi connectivity index (χ3n) is 7.78. The summed E-state index contributed by atoms with van der Waals surface area (Å²) in [6.45, 7) is 12.4. The molecule has 0 radical (unpaired) electrons. The molecule has 0 aromatic carbocycles. The average Bonchev–Trinajstić information content (AvgIpc) is 2.59. The fourth-order valence-corrected chi connectivity index (χ4v) is 6.16. The average molecular weight is 321 g/mol. The molecule has 0 nitrogen and oxygen atoms in total. The lowest BCUT2D eigenvalue weighted by molar-refractivity contribution is 0.0891. The van der Waals surface area contributed by atoms with Gasteiger partial charge in [0.1, 0.15) is 0 Å². The molecule has 0 heterocycles. The fourth-order valence-electron chi connectivity index (χ4n) is 6.16. The van der Waals surface area contributed by atoms with Crippen LogP contribution in [0, 0.1) is 41.4 Å². The summed E-state index contributed by atoms with van der Waals surface area (Å²) >= 11 is 0. The van der Waals surface area contributed by atoms with Gasteiger partial charge in [0.15, 0.2) is 0 Å². The SMILES string of the molecule is CCC(CC(C)C1CCC(C(C)C)C(CC)C1)C1CCCCC1. The van der Waals surface area contributed by atoms with Gasteiger partial charge in [-0.2, -0.15) is 0 Å². The van der Waals surface area contributed by atoms with E-state index in [4.69, 9.17) is 0 Å². The van der Waals surface area contributed by atoms with E-state index in [1.807, 2.05) is 0 Å². The molecule has 0 saturated heterocycles. The Morgan fingerprint density at radius 1 is 0.826 bits per heavy atom. The fraction of sp³-hybridized carbons (Fsp3) is 1.00. The second kappa shape index (κ2) is 9.47. The van der Waals surface area contributed by atoms with Crippen LogP contribution in [0.4, 0.5) is 0 Å². The molecule has 0 heteroatoms. The Morgan fingerprint density at radius 2 is 1.52 bits per heavy atom. The van der Waals surface area contributed by atoms with E-state index in [2.05, 4.69) is 34.6 Å². The molecule has 2 fully saturated rings. The molecule has 0 aliphatic heterocycles. The van der Waals surface area contributed by atoms with Crippen LogP contribution in [0.1, 0.15) is 105 Å². The van der Waals surface area contributed by atoms with E-state index < -0.39 is 0 Å². The molecule has 5 unspecified atom stereocenters. The maximum absolute atomic E-state index is 2.60. The summed E-state index contributed by atoms with van der Waals surface area (Å²) in [5.41, 5.74) is 0. The zero-order valence-electron chi connectivity index (χ0n) is 16.8. The van der Waals surface area contributed by atoms with Crippen molar-refractivity contribution in [3.8, 4) is 0 Å². The first-order valence-electron chi connectivity index (χ1n) is 11.1. The second-order valence-electron chi connectivity index (χ2n) is 9.43. The minimum absolute atomic E-state index is 0.891. The highest BCUT2D eigenvalue weighted by molar-refractivity contribution is 4.85. The van der Waals surface area contributed by atoms with Crippen LogP contribution in [0.3, 0.4) is 0 Å². The van der Waals surface area contributed by atoms with Gasteiger partial charge in [0.05, 0.1) is 0 Å². The molecular formula is C23H44. The van der Waals surface area contributed by atoms with E-state index in [0.29, 0.717) is 0 Å². The minimum atomic E-state index is 0.891. The Morgan fingerprint density at radius 3 is 2.09 bits per heavy atom. The zero-order valence-corrected chi connectivity index (χ0v) is 16.8. The molecule has 0 aromatic rings. The summed E-state index contributed by atoms with van der Waals surface area (Å²) in [5, 5.41) is 0. The van der Waals surface area contributed by atoms with E-state index in [1.54, 1.807) is 0 Å². The maximum atomic E-state index is 2.60. The van der Waals surface area contributed by atoms with Crippen molar-refractivity contribution >= 4 is 0 Å². The van der Waals surface area contributed by atoms with E-state index in [1.165, 1.54) is 70.6 Å². The van der Waals surface area contributed by atoms with E-state index >= 15 is 0 Å². The van der Waals surface area contributed by atoms with Crippen molar-refractivity contribution < 1.29 is 0 Å². The van der Waals surface area contributed by atoms with Crippen LogP contribution in [-0.4, -0.2) is 0 Å². The van der Waals surface area contributed by atoms with Gasteiger partial charge in [0.2, 0.25) is 0 Å². The van der Waals surface area contributed by atoms with Crippen molar-refractivity contribution in [1.82, 2.24) is 0 Å². The van der Waals surface area contributed by atoms with E-state index in [0.717, 1.165) is 41.4 Å². The summed E-state index contributed by atoms with van der Waals surface area (Å²) in [5.74, 6) is 6.96. The number of rotatable bonds is 7. The van der Waals surface area contributed by atoms with Gasteiger partial charge in [-0.3, -0.25) is 0 Å². The first-order chi connectivity index (χ1) is 11.1. The Hall–Kier alpha value is 0. The van der Waals surface area contributed by atoms with Crippen molar-refractivity contribution in [1.29, 1.82) is 0 Å². The molecule has 2 aliphatic carbocycles. The topological polar surface area (TPSA) is 0 Å².